The van der Waals surface area contributed by atoms with E-state index < -0.39 is 5.60 Å². The van der Waals surface area contributed by atoms with Crippen LogP contribution in [-0.4, -0.2) is 29.1 Å². The highest BCUT2D eigenvalue weighted by Gasteiger charge is 2.28. The van der Waals surface area contributed by atoms with Crippen LogP contribution in [0.5, 0.6) is 0 Å². The Hall–Kier alpha value is -2.30. The third-order valence-corrected chi connectivity index (χ3v) is 3.50. The topological polar surface area (TPSA) is 51.5 Å². The number of nitrogens with zero attached hydrogens (tertiary/aromatic N) is 2. The third-order valence-electron chi connectivity index (χ3n) is 3.50. The Morgan fingerprint density at radius 1 is 1.29 bits per heavy atom. The minimum atomic E-state index is -0.529. The summed E-state index contributed by atoms with van der Waals surface area (Å²) in [6.07, 6.45) is 2.34. The van der Waals surface area contributed by atoms with Crippen molar-refractivity contribution in [2.45, 2.75) is 32.9 Å². The lowest BCUT2D eigenvalue weighted by Gasteiger charge is -2.31. The molecule has 0 saturated carbocycles. The van der Waals surface area contributed by atoms with E-state index in [1.54, 1.807) is 4.90 Å². The molecule has 110 valence electrons. The van der Waals surface area contributed by atoms with Crippen molar-refractivity contribution >= 4 is 29.0 Å². The van der Waals surface area contributed by atoms with Crippen LogP contribution in [0.3, 0.4) is 0 Å². The highest BCUT2D eigenvalue weighted by Crippen LogP contribution is 2.33. The second kappa shape index (κ2) is 4.62. The number of hydrogen-bond acceptors (Lipinski definition) is 3. The summed E-state index contributed by atoms with van der Waals surface area (Å²) in [5.74, 6) is 0. The van der Waals surface area contributed by atoms with Crippen molar-refractivity contribution in [3.8, 4) is 0 Å². The molecule has 0 radical (unpaired) electrons. The predicted molar refractivity (Wildman–Crippen MR) is 80.9 cm³/mol. The predicted octanol–water partition coefficient (Wildman–Crippen LogP) is 3.21. The fourth-order valence-electron chi connectivity index (χ4n) is 2.69. The van der Waals surface area contributed by atoms with Gasteiger partial charge in [-0.05, 0) is 26.8 Å². The van der Waals surface area contributed by atoms with Crippen molar-refractivity contribution in [2.24, 2.45) is 0 Å². The van der Waals surface area contributed by atoms with Gasteiger partial charge in [0.15, 0.2) is 6.29 Å². The molecule has 0 saturated heterocycles. The molecule has 1 aliphatic rings. The molecule has 5 heteroatoms. The van der Waals surface area contributed by atoms with Crippen LogP contribution < -0.4 is 4.90 Å². The van der Waals surface area contributed by atoms with Crippen molar-refractivity contribution in [3.05, 3.63) is 30.0 Å². The van der Waals surface area contributed by atoms with Gasteiger partial charge in [0.05, 0.1) is 11.2 Å². The van der Waals surface area contributed by atoms with Crippen molar-refractivity contribution in [1.82, 2.24) is 4.57 Å². The van der Waals surface area contributed by atoms with Gasteiger partial charge in [0, 0.05) is 30.2 Å². The first-order valence-electron chi connectivity index (χ1n) is 6.98. The van der Waals surface area contributed by atoms with Crippen LogP contribution in [0.2, 0.25) is 0 Å². The smallest absolute Gasteiger partial charge is 0.414 e. The number of rotatable bonds is 1. The molecule has 1 aliphatic heterocycles. The number of benzene rings is 1. The molecule has 1 aromatic heterocycles. The van der Waals surface area contributed by atoms with E-state index in [2.05, 4.69) is 0 Å². The second-order valence-corrected chi connectivity index (χ2v) is 6.20. The van der Waals surface area contributed by atoms with Crippen LogP contribution in [0.25, 0.3) is 10.9 Å². The van der Waals surface area contributed by atoms with Gasteiger partial charge in [-0.15, -0.1) is 0 Å². The fraction of sp³-hybridized carbons (Fsp3) is 0.375. The molecule has 1 aromatic carbocycles. The maximum Gasteiger partial charge on any atom is 0.414 e. The zero-order chi connectivity index (χ0) is 15.2. The lowest BCUT2D eigenvalue weighted by Crippen LogP contribution is -2.40. The Morgan fingerprint density at radius 2 is 2.05 bits per heavy atom. The SMILES string of the molecule is CC(C)(C)OC(=O)N1CCn2cc(C=O)c3cccc1c32. The molecule has 21 heavy (non-hydrogen) atoms. The number of amides is 1. The van der Waals surface area contributed by atoms with Crippen LogP contribution in [0.15, 0.2) is 24.4 Å². The Kier molecular flexibility index (Phi) is 3.01. The Bertz CT molecular complexity index is 725. The molecule has 0 aliphatic carbocycles. The number of para-hydroxylation sites is 1. The van der Waals surface area contributed by atoms with Crippen molar-refractivity contribution in [1.29, 1.82) is 0 Å². The lowest BCUT2D eigenvalue weighted by molar-refractivity contribution is 0.0578. The van der Waals surface area contributed by atoms with Gasteiger partial charge in [0.1, 0.15) is 5.60 Å². The van der Waals surface area contributed by atoms with Crippen LogP contribution in [0.4, 0.5) is 10.5 Å². The largest absolute Gasteiger partial charge is 0.443 e. The zero-order valence-electron chi connectivity index (χ0n) is 12.4. The molecule has 0 bridgehead atoms. The van der Waals surface area contributed by atoms with E-state index >= 15 is 0 Å². The van der Waals surface area contributed by atoms with Gasteiger partial charge in [-0.3, -0.25) is 9.69 Å². The van der Waals surface area contributed by atoms with Crippen LogP contribution in [0, 0.1) is 0 Å². The summed E-state index contributed by atoms with van der Waals surface area (Å²) < 4.78 is 7.49. The Labute approximate surface area is 123 Å². The van der Waals surface area contributed by atoms with E-state index in [0.717, 1.165) is 22.9 Å². The molecule has 0 fully saturated rings. The van der Waals surface area contributed by atoms with E-state index in [0.29, 0.717) is 18.7 Å². The molecule has 0 unspecified atom stereocenters. The average molecular weight is 286 g/mol. The summed E-state index contributed by atoms with van der Waals surface area (Å²) in [4.78, 5) is 25.2. The minimum absolute atomic E-state index is 0.352. The van der Waals surface area contributed by atoms with Crippen LogP contribution in [0.1, 0.15) is 31.1 Å². The fourth-order valence-corrected chi connectivity index (χ4v) is 2.69. The summed E-state index contributed by atoms with van der Waals surface area (Å²) in [6.45, 7) is 6.74. The van der Waals surface area contributed by atoms with Gasteiger partial charge in [-0.1, -0.05) is 12.1 Å². The summed E-state index contributed by atoms with van der Waals surface area (Å²) in [5.41, 5.74) is 1.83. The van der Waals surface area contributed by atoms with Gasteiger partial charge in [0.25, 0.3) is 0 Å². The number of carbonyl (C=O) groups excluding carboxylic acids is 2. The van der Waals surface area contributed by atoms with Crippen molar-refractivity contribution in [2.75, 3.05) is 11.4 Å². The highest BCUT2D eigenvalue weighted by molar-refractivity contribution is 6.07. The Balaban J connectivity index is 2.08. The van der Waals surface area contributed by atoms with E-state index in [4.69, 9.17) is 4.74 Å². The Morgan fingerprint density at radius 3 is 2.71 bits per heavy atom. The second-order valence-electron chi connectivity index (χ2n) is 6.20. The van der Waals surface area contributed by atoms with E-state index in [1.165, 1.54) is 0 Å². The summed E-state index contributed by atoms with van der Waals surface area (Å²) in [6, 6.07) is 5.64. The number of carbonyl (C=O) groups is 2. The molecule has 0 spiro atoms. The molecular weight excluding hydrogens is 268 g/mol. The number of anilines is 1. The number of aromatic nitrogens is 1. The van der Waals surface area contributed by atoms with Crippen molar-refractivity contribution in [3.63, 3.8) is 0 Å². The standard InChI is InChI=1S/C16H18N2O3/c1-16(2,3)21-15(20)18-8-7-17-9-11(10-19)12-5-4-6-13(18)14(12)17/h4-6,9-10H,7-8H2,1-3H3. The molecule has 1 amide bonds. The monoisotopic (exact) mass is 286 g/mol. The molecule has 5 nitrogen and oxygen atoms in total. The average Bonchev–Trinajstić information content (AvgIpc) is 2.77. The van der Waals surface area contributed by atoms with Gasteiger partial charge in [-0.2, -0.15) is 0 Å². The van der Waals surface area contributed by atoms with Gasteiger partial charge in [0.2, 0.25) is 0 Å². The molecule has 0 atom stereocenters. The third kappa shape index (κ3) is 2.28. The maximum atomic E-state index is 12.4. The summed E-state index contributed by atoms with van der Waals surface area (Å²) in [7, 11) is 0. The summed E-state index contributed by atoms with van der Waals surface area (Å²) >= 11 is 0. The van der Waals surface area contributed by atoms with Crippen LogP contribution in [-0.2, 0) is 11.3 Å². The number of ether oxygens (including phenoxy) is 1. The first kappa shape index (κ1) is 13.7. The van der Waals surface area contributed by atoms with Gasteiger partial charge >= 0.3 is 6.09 Å². The lowest BCUT2D eigenvalue weighted by atomic mass is 10.1. The highest BCUT2D eigenvalue weighted by atomic mass is 16.6. The van der Waals surface area contributed by atoms with Gasteiger partial charge < -0.3 is 9.30 Å². The molecular formula is C16H18N2O3. The first-order chi connectivity index (χ1) is 9.90. The van der Waals surface area contributed by atoms with Gasteiger partial charge in [-0.25, -0.2) is 4.79 Å². The molecule has 0 N–H and O–H groups in total. The molecule has 2 aromatic rings. The normalized spacial score (nSPS) is 14.3. The van der Waals surface area contributed by atoms with E-state index in [-0.39, 0.29) is 6.09 Å². The van der Waals surface area contributed by atoms with E-state index in [1.807, 2.05) is 49.7 Å². The van der Waals surface area contributed by atoms with Crippen molar-refractivity contribution < 1.29 is 14.3 Å². The van der Waals surface area contributed by atoms with Crippen LogP contribution >= 0.6 is 0 Å². The summed E-state index contributed by atoms with van der Waals surface area (Å²) in [5, 5.41) is 0.871. The maximum absolute atomic E-state index is 12.4. The quantitative estimate of drug-likeness (QED) is 0.756. The zero-order valence-corrected chi connectivity index (χ0v) is 12.4. The first-order valence-corrected chi connectivity index (χ1v) is 6.98. The minimum Gasteiger partial charge on any atom is -0.443 e. The molecule has 2 heterocycles. The van der Waals surface area contributed by atoms with E-state index in [9.17, 15) is 9.59 Å². The molecule has 3 rings (SSSR count). The number of aldehydes is 1. The number of hydrogen-bond donors (Lipinski definition) is 0.